The van der Waals surface area contributed by atoms with Crippen LogP contribution in [0.5, 0.6) is 0 Å². The number of hydrogen-bond donors (Lipinski definition) is 2. The van der Waals surface area contributed by atoms with E-state index in [2.05, 4.69) is 37.4 Å². The van der Waals surface area contributed by atoms with Crippen molar-refractivity contribution in [3.8, 4) is 0 Å². The Morgan fingerprint density at radius 2 is 1.62 bits per heavy atom. The number of benzene rings is 1. The predicted molar refractivity (Wildman–Crippen MR) is 122 cm³/mol. The summed E-state index contributed by atoms with van der Waals surface area (Å²) in [6, 6.07) is 6.40. The Morgan fingerprint density at radius 3 is 2.24 bits per heavy atom. The Labute approximate surface area is 178 Å². The lowest BCUT2D eigenvalue weighted by Gasteiger charge is -2.36. The van der Waals surface area contributed by atoms with Crippen molar-refractivity contribution in [1.82, 2.24) is 0 Å². The Kier molecular flexibility index (Phi) is 13.2. The van der Waals surface area contributed by atoms with Gasteiger partial charge >= 0.3 is 0 Å². The van der Waals surface area contributed by atoms with Gasteiger partial charge in [0.05, 0.1) is 0 Å². The number of ether oxygens (including phenoxy) is 3. The average Bonchev–Trinajstić information content (AvgIpc) is 2.74. The maximum Gasteiger partial charge on any atom is 0.285 e. The topological polar surface area (TPSA) is 65.7 Å². The quantitative estimate of drug-likeness (QED) is 0.272. The Morgan fingerprint density at radius 1 is 0.966 bits per heavy atom. The molecule has 0 bridgehead atoms. The van der Waals surface area contributed by atoms with Gasteiger partial charge in [-0.1, -0.05) is 57.6 Å². The fraction of sp³-hybridized carbons (Fsp3) is 0.750. The highest BCUT2D eigenvalue weighted by Crippen LogP contribution is 2.34. The highest BCUT2D eigenvalue weighted by Gasteiger charge is 2.39. The minimum absolute atomic E-state index is 0.163. The number of anilines is 1. The van der Waals surface area contributed by atoms with Crippen LogP contribution in [0.25, 0.3) is 0 Å². The molecule has 0 spiro atoms. The Bertz CT molecular complexity index is 539. The van der Waals surface area contributed by atoms with Crippen LogP contribution in [-0.2, 0) is 20.6 Å². The number of hydrogen-bond acceptors (Lipinski definition) is 5. The fourth-order valence-electron chi connectivity index (χ4n) is 4.14. The molecule has 1 aromatic rings. The molecular weight excluding hydrogens is 364 g/mol. The third-order valence-corrected chi connectivity index (χ3v) is 5.87. The summed E-state index contributed by atoms with van der Waals surface area (Å²) in [5.74, 6) is -0.827. The largest absolute Gasteiger partial charge is 0.384 e. The first-order chi connectivity index (χ1) is 14.1. The van der Waals surface area contributed by atoms with Crippen LogP contribution in [0, 0.1) is 12.8 Å². The van der Waals surface area contributed by atoms with Crippen LogP contribution in [0.15, 0.2) is 18.2 Å². The number of methoxy groups -OCH3 is 3. The fourth-order valence-corrected chi connectivity index (χ4v) is 4.14. The van der Waals surface area contributed by atoms with Gasteiger partial charge in [-0.3, -0.25) is 0 Å². The third kappa shape index (κ3) is 8.25. The van der Waals surface area contributed by atoms with Crippen molar-refractivity contribution < 1.29 is 14.2 Å². The molecule has 0 saturated heterocycles. The molecule has 5 nitrogen and oxygen atoms in total. The summed E-state index contributed by atoms with van der Waals surface area (Å²) >= 11 is 0. The monoisotopic (exact) mass is 408 g/mol. The van der Waals surface area contributed by atoms with Crippen molar-refractivity contribution in [2.45, 2.75) is 77.6 Å². The molecule has 0 heterocycles. The highest BCUT2D eigenvalue weighted by molar-refractivity contribution is 5.54. The SMILES string of the molecule is CCCCCCCCC(CCc1c(C)cccc1NCCN)C(OC)(OC)OC. The zero-order valence-corrected chi connectivity index (χ0v) is 19.4. The molecule has 1 atom stereocenters. The van der Waals surface area contributed by atoms with Gasteiger partial charge in [-0.15, -0.1) is 0 Å². The lowest BCUT2D eigenvalue weighted by Crippen LogP contribution is -2.44. The predicted octanol–water partition coefficient (Wildman–Crippen LogP) is 5.26. The molecule has 1 unspecified atom stereocenters. The molecule has 1 rings (SSSR count). The van der Waals surface area contributed by atoms with Crippen molar-refractivity contribution in [1.29, 1.82) is 0 Å². The molecule has 0 fully saturated rings. The number of nitrogens with two attached hydrogens (primary N) is 1. The van der Waals surface area contributed by atoms with Gasteiger partial charge in [-0.2, -0.15) is 0 Å². The first kappa shape index (κ1) is 25.9. The zero-order chi connectivity index (χ0) is 21.5. The molecule has 0 aliphatic heterocycles. The lowest BCUT2D eigenvalue weighted by atomic mass is 9.89. The van der Waals surface area contributed by atoms with E-state index in [1.807, 2.05) is 0 Å². The maximum absolute atomic E-state index is 5.73. The summed E-state index contributed by atoms with van der Waals surface area (Å²) in [6.07, 6.45) is 10.5. The van der Waals surface area contributed by atoms with E-state index in [1.54, 1.807) is 21.3 Å². The molecular formula is C24H44N2O3. The molecule has 0 radical (unpaired) electrons. The van der Waals surface area contributed by atoms with Gasteiger partial charge in [0.1, 0.15) is 0 Å². The average molecular weight is 409 g/mol. The molecule has 0 saturated carbocycles. The number of unbranched alkanes of at least 4 members (excludes halogenated alkanes) is 5. The van der Waals surface area contributed by atoms with Gasteiger partial charge in [0.15, 0.2) is 0 Å². The molecule has 5 heteroatoms. The van der Waals surface area contributed by atoms with E-state index in [0.29, 0.717) is 6.54 Å². The second-order valence-corrected chi connectivity index (χ2v) is 7.82. The minimum Gasteiger partial charge on any atom is -0.384 e. The van der Waals surface area contributed by atoms with Crippen LogP contribution in [-0.4, -0.2) is 40.4 Å². The second-order valence-electron chi connectivity index (χ2n) is 7.82. The summed E-state index contributed by atoms with van der Waals surface area (Å²) in [5, 5.41) is 3.46. The van der Waals surface area contributed by atoms with Crippen LogP contribution in [0.4, 0.5) is 5.69 Å². The molecule has 168 valence electrons. The van der Waals surface area contributed by atoms with Crippen LogP contribution in [0.2, 0.25) is 0 Å². The van der Waals surface area contributed by atoms with Gasteiger partial charge in [-0.25, -0.2) is 0 Å². The van der Waals surface area contributed by atoms with E-state index >= 15 is 0 Å². The summed E-state index contributed by atoms with van der Waals surface area (Å²) in [6.45, 7) is 5.81. The van der Waals surface area contributed by atoms with Gasteiger partial charge in [0.2, 0.25) is 0 Å². The van der Waals surface area contributed by atoms with Gasteiger partial charge in [-0.05, 0) is 43.4 Å². The molecule has 1 aromatic carbocycles. The normalized spacial score (nSPS) is 12.9. The number of nitrogens with one attached hydrogen (secondary N) is 1. The molecule has 29 heavy (non-hydrogen) atoms. The Balaban J connectivity index is 2.84. The first-order valence-corrected chi connectivity index (χ1v) is 11.3. The summed E-state index contributed by atoms with van der Waals surface area (Å²) in [4.78, 5) is 0. The number of rotatable bonds is 17. The Hall–Kier alpha value is -1.14. The standard InChI is InChI=1S/C24H44N2O3/c1-6-7-8-9-10-11-14-21(24(27-3,28-4)29-5)16-17-22-20(2)13-12-15-23(22)26-19-18-25/h12-13,15,21,26H,6-11,14,16-19,25H2,1-5H3. The van der Waals surface area contributed by atoms with E-state index in [9.17, 15) is 0 Å². The molecule has 0 amide bonds. The minimum atomic E-state index is -0.989. The molecule has 0 aromatic heterocycles. The molecule has 3 N–H and O–H groups in total. The van der Waals surface area contributed by atoms with Gasteiger partial charge < -0.3 is 25.3 Å². The van der Waals surface area contributed by atoms with Gasteiger partial charge in [0, 0.05) is 46.0 Å². The van der Waals surface area contributed by atoms with E-state index in [1.165, 1.54) is 48.9 Å². The number of aryl methyl sites for hydroxylation is 1. The van der Waals surface area contributed by atoms with Crippen LogP contribution in [0.1, 0.15) is 69.4 Å². The highest BCUT2D eigenvalue weighted by atomic mass is 16.9. The second kappa shape index (κ2) is 14.8. The smallest absolute Gasteiger partial charge is 0.285 e. The van der Waals surface area contributed by atoms with Crippen LogP contribution >= 0.6 is 0 Å². The third-order valence-electron chi connectivity index (χ3n) is 5.87. The first-order valence-electron chi connectivity index (χ1n) is 11.3. The summed E-state index contributed by atoms with van der Waals surface area (Å²) in [5.41, 5.74) is 9.49. The zero-order valence-electron chi connectivity index (χ0n) is 19.4. The van der Waals surface area contributed by atoms with Crippen LogP contribution in [0.3, 0.4) is 0 Å². The summed E-state index contributed by atoms with van der Waals surface area (Å²) in [7, 11) is 5.01. The maximum atomic E-state index is 5.73. The van der Waals surface area contributed by atoms with E-state index in [4.69, 9.17) is 19.9 Å². The lowest BCUT2D eigenvalue weighted by molar-refractivity contribution is -0.380. The van der Waals surface area contributed by atoms with Crippen molar-refractivity contribution in [3.05, 3.63) is 29.3 Å². The van der Waals surface area contributed by atoms with Crippen molar-refractivity contribution >= 4 is 5.69 Å². The van der Waals surface area contributed by atoms with Crippen molar-refractivity contribution in [3.63, 3.8) is 0 Å². The van der Waals surface area contributed by atoms with Crippen molar-refractivity contribution in [2.75, 3.05) is 39.7 Å². The molecule has 0 aliphatic carbocycles. The van der Waals surface area contributed by atoms with Crippen molar-refractivity contribution in [2.24, 2.45) is 11.7 Å². The molecule has 0 aliphatic rings. The summed E-state index contributed by atoms with van der Waals surface area (Å²) < 4.78 is 17.2. The van der Waals surface area contributed by atoms with E-state index < -0.39 is 5.97 Å². The van der Waals surface area contributed by atoms with E-state index in [-0.39, 0.29) is 5.92 Å². The van der Waals surface area contributed by atoms with Crippen LogP contribution < -0.4 is 11.1 Å². The van der Waals surface area contributed by atoms with Gasteiger partial charge in [0.25, 0.3) is 5.97 Å². The van der Waals surface area contributed by atoms with E-state index in [0.717, 1.165) is 32.2 Å².